The van der Waals surface area contributed by atoms with Crippen LogP contribution in [0.5, 0.6) is 0 Å². The smallest absolute Gasteiger partial charge is 0.238 e. The van der Waals surface area contributed by atoms with Crippen molar-refractivity contribution in [2.45, 2.75) is 51.1 Å². The van der Waals surface area contributed by atoms with Crippen LogP contribution in [0.1, 0.15) is 39.0 Å². The molecular formula is C12H24N2O4S. The summed E-state index contributed by atoms with van der Waals surface area (Å²) in [7, 11) is -3.35. The van der Waals surface area contributed by atoms with Gasteiger partial charge >= 0.3 is 0 Å². The lowest BCUT2D eigenvalue weighted by Crippen LogP contribution is -2.53. The van der Waals surface area contributed by atoms with Crippen molar-refractivity contribution in [3.63, 3.8) is 0 Å². The molecule has 1 fully saturated rings. The zero-order valence-electron chi connectivity index (χ0n) is 11.6. The molecule has 2 N–H and O–H groups in total. The molecule has 7 heteroatoms. The second-order valence-corrected chi connectivity index (χ2v) is 6.95. The molecule has 112 valence electrons. The number of hydrogen-bond donors (Lipinski definition) is 2. The van der Waals surface area contributed by atoms with Gasteiger partial charge in [0.05, 0.1) is 6.26 Å². The molecule has 0 aromatic heterocycles. The van der Waals surface area contributed by atoms with E-state index in [0.29, 0.717) is 19.4 Å². The van der Waals surface area contributed by atoms with Crippen LogP contribution < -0.4 is 5.32 Å². The van der Waals surface area contributed by atoms with Crippen LogP contribution in [0.25, 0.3) is 0 Å². The van der Waals surface area contributed by atoms with Crippen molar-refractivity contribution < 1.29 is 18.3 Å². The van der Waals surface area contributed by atoms with E-state index in [1.165, 1.54) is 4.31 Å². The minimum absolute atomic E-state index is 0.0131. The SMILES string of the molecule is CCC(CCO)NC(=O)C1CCCCN1S(C)(=O)=O. The highest BCUT2D eigenvalue weighted by atomic mass is 32.2. The predicted octanol–water partition coefficient (Wildman–Crippen LogP) is 0.0777. The molecule has 2 unspecified atom stereocenters. The molecule has 0 aliphatic carbocycles. The monoisotopic (exact) mass is 292 g/mol. The number of piperidine rings is 1. The highest BCUT2D eigenvalue weighted by Gasteiger charge is 2.34. The number of amides is 1. The number of hydrogen-bond acceptors (Lipinski definition) is 4. The fourth-order valence-electron chi connectivity index (χ4n) is 2.40. The van der Waals surface area contributed by atoms with Crippen molar-refractivity contribution in [1.29, 1.82) is 0 Å². The third kappa shape index (κ3) is 4.74. The highest BCUT2D eigenvalue weighted by molar-refractivity contribution is 7.88. The second-order valence-electron chi connectivity index (χ2n) is 5.01. The summed E-state index contributed by atoms with van der Waals surface area (Å²) in [5, 5.41) is 11.7. The van der Waals surface area contributed by atoms with Crippen LogP contribution in [0.3, 0.4) is 0 Å². The van der Waals surface area contributed by atoms with E-state index in [1.807, 2.05) is 6.92 Å². The van der Waals surface area contributed by atoms with Crippen LogP contribution in [0.4, 0.5) is 0 Å². The molecule has 2 atom stereocenters. The Labute approximate surface area is 115 Å². The Kier molecular flexibility index (Phi) is 6.22. The van der Waals surface area contributed by atoms with E-state index < -0.39 is 16.1 Å². The summed E-state index contributed by atoms with van der Waals surface area (Å²) in [6, 6.07) is -0.697. The Balaban J connectivity index is 2.72. The molecule has 0 spiro atoms. The van der Waals surface area contributed by atoms with Crippen molar-refractivity contribution in [2.75, 3.05) is 19.4 Å². The maximum Gasteiger partial charge on any atom is 0.238 e. The minimum atomic E-state index is -3.35. The Morgan fingerprint density at radius 2 is 2.16 bits per heavy atom. The number of nitrogens with zero attached hydrogens (tertiary/aromatic N) is 1. The Morgan fingerprint density at radius 1 is 1.47 bits per heavy atom. The minimum Gasteiger partial charge on any atom is -0.396 e. The van der Waals surface area contributed by atoms with Gasteiger partial charge in [-0.25, -0.2) is 8.42 Å². The summed E-state index contributed by atoms with van der Waals surface area (Å²) < 4.78 is 24.7. The average molecular weight is 292 g/mol. The third-order valence-corrected chi connectivity index (χ3v) is 4.79. The largest absolute Gasteiger partial charge is 0.396 e. The molecule has 0 bridgehead atoms. The van der Waals surface area contributed by atoms with E-state index >= 15 is 0 Å². The van der Waals surface area contributed by atoms with Gasteiger partial charge in [-0.15, -0.1) is 0 Å². The molecule has 1 rings (SSSR count). The first-order valence-corrected chi connectivity index (χ1v) is 8.63. The van der Waals surface area contributed by atoms with E-state index in [-0.39, 0.29) is 18.6 Å². The summed E-state index contributed by atoms with van der Waals surface area (Å²) >= 11 is 0. The highest BCUT2D eigenvalue weighted by Crippen LogP contribution is 2.20. The zero-order chi connectivity index (χ0) is 14.5. The van der Waals surface area contributed by atoms with Crippen molar-refractivity contribution in [2.24, 2.45) is 0 Å². The van der Waals surface area contributed by atoms with Crippen molar-refractivity contribution in [3.8, 4) is 0 Å². The maximum atomic E-state index is 12.2. The first-order valence-electron chi connectivity index (χ1n) is 6.78. The lowest BCUT2D eigenvalue weighted by Gasteiger charge is -2.33. The Morgan fingerprint density at radius 3 is 2.68 bits per heavy atom. The summed E-state index contributed by atoms with van der Waals surface area (Å²) in [6.45, 7) is 2.35. The van der Waals surface area contributed by atoms with E-state index in [2.05, 4.69) is 5.32 Å². The van der Waals surface area contributed by atoms with Gasteiger partial charge in [0.1, 0.15) is 6.04 Å². The number of carbonyl (C=O) groups is 1. The van der Waals surface area contributed by atoms with Gasteiger partial charge < -0.3 is 10.4 Å². The number of rotatable bonds is 6. The van der Waals surface area contributed by atoms with Crippen LogP contribution in [0.15, 0.2) is 0 Å². The van der Waals surface area contributed by atoms with E-state index in [0.717, 1.165) is 25.5 Å². The second kappa shape index (κ2) is 7.21. The van der Waals surface area contributed by atoms with Gasteiger partial charge in [0, 0.05) is 19.2 Å². The summed E-state index contributed by atoms with van der Waals surface area (Å²) in [5.41, 5.74) is 0. The van der Waals surface area contributed by atoms with Gasteiger partial charge in [0.25, 0.3) is 0 Å². The molecule has 1 amide bonds. The van der Waals surface area contributed by atoms with E-state index in [9.17, 15) is 13.2 Å². The molecule has 0 radical (unpaired) electrons. The lowest BCUT2D eigenvalue weighted by atomic mass is 10.0. The maximum absolute atomic E-state index is 12.2. The first-order chi connectivity index (χ1) is 8.90. The predicted molar refractivity (Wildman–Crippen MR) is 73.1 cm³/mol. The molecular weight excluding hydrogens is 268 g/mol. The quantitative estimate of drug-likeness (QED) is 0.726. The number of nitrogens with one attached hydrogen (secondary N) is 1. The number of sulfonamides is 1. The van der Waals surface area contributed by atoms with Crippen molar-refractivity contribution in [3.05, 3.63) is 0 Å². The van der Waals surface area contributed by atoms with Crippen molar-refractivity contribution >= 4 is 15.9 Å². The molecule has 0 saturated carbocycles. The van der Waals surface area contributed by atoms with Gasteiger partial charge in [-0.3, -0.25) is 4.79 Å². The molecule has 1 aliphatic rings. The van der Waals surface area contributed by atoms with Gasteiger partial charge in [-0.2, -0.15) is 4.31 Å². The topological polar surface area (TPSA) is 86.7 Å². The van der Waals surface area contributed by atoms with Gasteiger partial charge in [-0.1, -0.05) is 13.3 Å². The zero-order valence-corrected chi connectivity index (χ0v) is 12.4. The average Bonchev–Trinajstić information content (AvgIpc) is 2.37. The Bertz CT molecular complexity index is 397. The number of aliphatic hydroxyl groups excluding tert-OH is 1. The molecule has 1 saturated heterocycles. The molecule has 6 nitrogen and oxygen atoms in total. The van der Waals surface area contributed by atoms with Gasteiger partial charge in [-0.05, 0) is 25.7 Å². The fourth-order valence-corrected chi connectivity index (χ4v) is 3.52. The third-order valence-electron chi connectivity index (χ3n) is 3.50. The van der Waals surface area contributed by atoms with Crippen LogP contribution in [0.2, 0.25) is 0 Å². The fraction of sp³-hybridized carbons (Fsp3) is 0.917. The first kappa shape index (κ1) is 16.4. The van der Waals surface area contributed by atoms with Gasteiger partial charge in [0.2, 0.25) is 15.9 Å². The van der Waals surface area contributed by atoms with E-state index in [1.54, 1.807) is 0 Å². The molecule has 19 heavy (non-hydrogen) atoms. The normalized spacial score (nSPS) is 23.0. The summed E-state index contributed by atoms with van der Waals surface area (Å²) in [5.74, 6) is -0.245. The molecule has 1 heterocycles. The number of aliphatic hydroxyl groups is 1. The van der Waals surface area contributed by atoms with Crippen LogP contribution in [-0.4, -0.2) is 55.2 Å². The summed E-state index contributed by atoms with van der Waals surface area (Å²) in [6.07, 6.45) is 4.58. The number of carbonyl (C=O) groups excluding carboxylic acids is 1. The molecule has 0 aromatic rings. The van der Waals surface area contributed by atoms with Crippen LogP contribution in [-0.2, 0) is 14.8 Å². The van der Waals surface area contributed by atoms with E-state index in [4.69, 9.17) is 5.11 Å². The van der Waals surface area contributed by atoms with Crippen LogP contribution >= 0.6 is 0 Å². The summed E-state index contributed by atoms with van der Waals surface area (Å²) in [4.78, 5) is 12.2. The molecule has 1 aliphatic heterocycles. The Hall–Kier alpha value is -0.660. The van der Waals surface area contributed by atoms with Gasteiger partial charge in [0.15, 0.2) is 0 Å². The lowest BCUT2D eigenvalue weighted by molar-refractivity contribution is -0.126. The molecule has 0 aromatic carbocycles. The van der Waals surface area contributed by atoms with Crippen LogP contribution in [0, 0.1) is 0 Å². The van der Waals surface area contributed by atoms with Crippen molar-refractivity contribution in [1.82, 2.24) is 9.62 Å². The standard InChI is InChI=1S/C12H24N2O4S/c1-3-10(7-9-15)13-12(16)11-6-4-5-8-14(11)19(2,17)18/h10-11,15H,3-9H2,1-2H3,(H,13,16).